The summed E-state index contributed by atoms with van der Waals surface area (Å²) < 4.78 is 13.4. The van der Waals surface area contributed by atoms with Crippen LogP contribution in [0, 0.1) is 11.7 Å². The topological polar surface area (TPSA) is 15.3 Å². The first kappa shape index (κ1) is 11.1. The monoisotopic (exact) mass is 254 g/mol. The minimum atomic E-state index is -0.346. The molecule has 0 bridgehead atoms. The maximum atomic E-state index is 13.4. The lowest BCUT2D eigenvalue weighted by atomic mass is 9.90. The molecule has 4 heteroatoms. The normalized spacial score (nSPS) is 27.1. The molecule has 2 heterocycles. The van der Waals surface area contributed by atoms with Crippen LogP contribution >= 0.6 is 11.6 Å². The molecule has 1 aromatic rings. The van der Waals surface area contributed by atoms with Gasteiger partial charge in [0.2, 0.25) is 0 Å². The first-order valence-electron chi connectivity index (χ1n) is 6.14. The largest absolute Gasteiger partial charge is 0.381 e. The molecule has 2 aliphatic rings. The number of nitrogens with one attached hydrogen (secondary N) is 1. The van der Waals surface area contributed by atoms with Gasteiger partial charge in [-0.3, -0.25) is 0 Å². The van der Waals surface area contributed by atoms with Gasteiger partial charge in [0.25, 0.3) is 0 Å². The summed E-state index contributed by atoms with van der Waals surface area (Å²) in [6, 6.07) is 3.78. The van der Waals surface area contributed by atoms with Crippen LogP contribution < -0.4 is 10.2 Å². The molecular weight excluding hydrogens is 239 g/mol. The third-order valence-electron chi connectivity index (χ3n) is 3.85. The third kappa shape index (κ3) is 1.86. The van der Waals surface area contributed by atoms with Gasteiger partial charge in [0.05, 0.1) is 16.4 Å². The Morgan fingerprint density at radius 1 is 1.47 bits per heavy atom. The van der Waals surface area contributed by atoms with Crippen molar-refractivity contribution in [1.29, 1.82) is 0 Å². The van der Waals surface area contributed by atoms with E-state index in [1.54, 1.807) is 6.07 Å². The van der Waals surface area contributed by atoms with E-state index in [4.69, 9.17) is 11.6 Å². The lowest BCUT2D eigenvalue weighted by Crippen LogP contribution is -2.48. The molecule has 0 aromatic heterocycles. The molecule has 0 aliphatic carbocycles. The van der Waals surface area contributed by atoms with E-state index >= 15 is 0 Å². The number of nitrogens with zero attached hydrogens (tertiary/aromatic N) is 1. The van der Waals surface area contributed by atoms with Crippen molar-refractivity contribution in [1.82, 2.24) is 0 Å². The van der Waals surface area contributed by atoms with Crippen molar-refractivity contribution in [2.24, 2.45) is 5.92 Å². The summed E-state index contributed by atoms with van der Waals surface area (Å²) in [4.78, 5) is 2.37. The first-order chi connectivity index (χ1) is 8.15. The van der Waals surface area contributed by atoms with Gasteiger partial charge in [-0.15, -0.1) is 0 Å². The van der Waals surface area contributed by atoms with Gasteiger partial charge >= 0.3 is 0 Å². The van der Waals surface area contributed by atoms with E-state index in [2.05, 4.69) is 17.1 Å². The Bertz CT molecular complexity index is 449. The summed E-state index contributed by atoms with van der Waals surface area (Å²) in [6.45, 7) is 4.24. The number of halogens is 2. The molecule has 1 aromatic carbocycles. The number of hydrogen-bond acceptors (Lipinski definition) is 2. The predicted molar refractivity (Wildman–Crippen MR) is 69.4 cm³/mol. The summed E-state index contributed by atoms with van der Waals surface area (Å²) in [6.07, 6.45) is 2.40. The van der Waals surface area contributed by atoms with Crippen LogP contribution in [0.2, 0.25) is 5.02 Å². The highest BCUT2D eigenvalue weighted by Gasteiger charge is 2.31. The zero-order valence-corrected chi connectivity index (χ0v) is 10.6. The molecule has 3 rings (SSSR count). The number of piperidine rings is 1. The van der Waals surface area contributed by atoms with Crippen LogP contribution in [0.5, 0.6) is 0 Å². The Balaban J connectivity index is 1.98. The highest BCUT2D eigenvalue weighted by molar-refractivity contribution is 6.31. The molecule has 1 fully saturated rings. The Morgan fingerprint density at radius 2 is 2.29 bits per heavy atom. The summed E-state index contributed by atoms with van der Waals surface area (Å²) >= 11 is 5.88. The van der Waals surface area contributed by atoms with Crippen LogP contribution in [-0.2, 0) is 0 Å². The van der Waals surface area contributed by atoms with Gasteiger partial charge in [-0.2, -0.15) is 0 Å². The number of anilines is 2. The molecule has 2 atom stereocenters. The van der Waals surface area contributed by atoms with E-state index in [1.807, 2.05) is 0 Å². The second-order valence-corrected chi connectivity index (χ2v) is 5.55. The lowest BCUT2D eigenvalue weighted by molar-refractivity contribution is 0.367. The average Bonchev–Trinajstić information content (AvgIpc) is 2.30. The van der Waals surface area contributed by atoms with Gasteiger partial charge in [0, 0.05) is 25.2 Å². The van der Waals surface area contributed by atoms with E-state index in [0.717, 1.165) is 30.4 Å². The second kappa shape index (κ2) is 4.05. The van der Waals surface area contributed by atoms with Gasteiger partial charge in [-0.05, 0) is 24.8 Å². The van der Waals surface area contributed by atoms with E-state index in [1.165, 1.54) is 18.9 Å². The van der Waals surface area contributed by atoms with Crippen molar-refractivity contribution in [3.63, 3.8) is 0 Å². The molecule has 17 heavy (non-hydrogen) atoms. The summed E-state index contributed by atoms with van der Waals surface area (Å²) in [5.41, 5.74) is 1.93. The maximum absolute atomic E-state index is 13.4. The smallest absolute Gasteiger partial charge is 0.143 e. The summed E-state index contributed by atoms with van der Waals surface area (Å²) in [7, 11) is 0. The Morgan fingerprint density at radius 3 is 3.12 bits per heavy atom. The molecule has 1 N–H and O–H groups in total. The quantitative estimate of drug-likeness (QED) is 0.762. The molecule has 0 saturated carbocycles. The third-order valence-corrected chi connectivity index (χ3v) is 4.14. The molecule has 2 nitrogen and oxygen atoms in total. The van der Waals surface area contributed by atoms with E-state index in [0.29, 0.717) is 6.04 Å². The average molecular weight is 255 g/mol. The van der Waals surface area contributed by atoms with Gasteiger partial charge in [0.1, 0.15) is 5.82 Å². The van der Waals surface area contributed by atoms with Crippen molar-refractivity contribution in [2.75, 3.05) is 23.3 Å². The molecule has 1 saturated heterocycles. The van der Waals surface area contributed by atoms with E-state index in [-0.39, 0.29) is 10.8 Å². The Hall–Kier alpha value is -0.960. The lowest BCUT2D eigenvalue weighted by Gasteiger charge is -2.44. The molecule has 2 aliphatic heterocycles. The van der Waals surface area contributed by atoms with Crippen LogP contribution in [0.25, 0.3) is 0 Å². The summed E-state index contributed by atoms with van der Waals surface area (Å²) in [5, 5.41) is 3.52. The molecule has 0 spiro atoms. The van der Waals surface area contributed by atoms with E-state index in [9.17, 15) is 4.39 Å². The highest BCUT2D eigenvalue weighted by Crippen LogP contribution is 2.39. The van der Waals surface area contributed by atoms with Crippen LogP contribution in [0.1, 0.15) is 19.8 Å². The number of rotatable bonds is 0. The Labute approximate surface area is 106 Å². The fourth-order valence-electron chi connectivity index (χ4n) is 2.91. The Kier molecular flexibility index (Phi) is 2.66. The van der Waals surface area contributed by atoms with Gasteiger partial charge in [-0.25, -0.2) is 4.39 Å². The minimum absolute atomic E-state index is 0.213. The summed E-state index contributed by atoms with van der Waals surface area (Å²) in [5.74, 6) is 0.428. The molecule has 2 unspecified atom stereocenters. The van der Waals surface area contributed by atoms with Crippen molar-refractivity contribution >= 4 is 23.0 Å². The zero-order valence-electron chi connectivity index (χ0n) is 9.84. The van der Waals surface area contributed by atoms with Crippen LogP contribution in [0.3, 0.4) is 0 Å². The number of fused-ring (bicyclic) bond motifs is 3. The number of benzene rings is 1. The van der Waals surface area contributed by atoms with Gasteiger partial charge in [-0.1, -0.05) is 18.5 Å². The molecular formula is C13H16ClFN2. The fourth-order valence-corrected chi connectivity index (χ4v) is 3.06. The predicted octanol–water partition coefficient (Wildman–Crippen LogP) is 3.51. The molecule has 0 amide bonds. The SMILES string of the molecule is CC1CCN2c3cc(Cl)c(F)cc3NCC2C1. The first-order valence-corrected chi connectivity index (χ1v) is 6.52. The van der Waals surface area contributed by atoms with E-state index < -0.39 is 0 Å². The van der Waals surface area contributed by atoms with Crippen molar-refractivity contribution in [3.05, 3.63) is 23.0 Å². The maximum Gasteiger partial charge on any atom is 0.143 e. The van der Waals surface area contributed by atoms with Crippen LogP contribution in [0.15, 0.2) is 12.1 Å². The number of hydrogen-bond donors (Lipinski definition) is 1. The second-order valence-electron chi connectivity index (χ2n) is 5.14. The molecule has 92 valence electrons. The standard InChI is InChI=1S/C13H16ClFN2/c1-8-2-3-17-9(4-8)7-16-12-6-11(15)10(14)5-13(12)17/h5-6,8-9,16H,2-4,7H2,1H3. The van der Waals surface area contributed by atoms with Crippen molar-refractivity contribution in [2.45, 2.75) is 25.8 Å². The van der Waals surface area contributed by atoms with Crippen LogP contribution in [0.4, 0.5) is 15.8 Å². The zero-order chi connectivity index (χ0) is 12.0. The minimum Gasteiger partial charge on any atom is -0.381 e. The van der Waals surface area contributed by atoms with Crippen LogP contribution in [-0.4, -0.2) is 19.1 Å². The highest BCUT2D eigenvalue weighted by atomic mass is 35.5. The fraction of sp³-hybridized carbons (Fsp3) is 0.538. The van der Waals surface area contributed by atoms with Gasteiger partial charge in [0.15, 0.2) is 0 Å². The van der Waals surface area contributed by atoms with Crippen molar-refractivity contribution < 1.29 is 4.39 Å². The van der Waals surface area contributed by atoms with Gasteiger partial charge < -0.3 is 10.2 Å². The van der Waals surface area contributed by atoms with Crippen molar-refractivity contribution in [3.8, 4) is 0 Å². The molecule has 0 radical (unpaired) electrons.